The van der Waals surface area contributed by atoms with Gasteiger partial charge in [-0.1, -0.05) is 59.5 Å². The lowest BCUT2D eigenvalue weighted by Gasteiger charge is -2.50. The van der Waals surface area contributed by atoms with Crippen molar-refractivity contribution < 1.29 is 43.7 Å². The van der Waals surface area contributed by atoms with Crippen molar-refractivity contribution in [1.29, 1.82) is 0 Å². The van der Waals surface area contributed by atoms with Crippen molar-refractivity contribution in [3.63, 3.8) is 0 Å². The number of carbonyl (C=O) groups excluding carboxylic acids is 4. The van der Waals surface area contributed by atoms with Crippen LogP contribution in [0.3, 0.4) is 0 Å². The van der Waals surface area contributed by atoms with Crippen LogP contribution in [0.2, 0.25) is 10.0 Å². The Morgan fingerprint density at radius 3 is 2.35 bits per heavy atom. The largest absolute Gasteiger partial charge is 0.508 e. The average molecular weight is 777 g/mol. The third-order valence-corrected chi connectivity index (χ3v) is 12.0. The SMILES string of the molecule is COc1ccc([C@@]23C(=O)N(Nc4ccc(Cl)cc4Cl)C(=O)[C@@H]2C[C@@H]2C(=CC[C@@H]4C(=O)N(CCCCCC(=O)O)C(=O)[C@@H]42)[C@@H]3c2ccc(O)cc2OC)cc1. The summed E-state index contributed by atoms with van der Waals surface area (Å²) in [5.74, 6) is -5.86. The molecule has 2 aliphatic heterocycles. The summed E-state index contributed by atoms with van der Waals surface area (Å²) in [6, 6.07) is 16.2. The number of phenols is 1. The fourth-order valence-corrected chi connectivity index (χ4v) is 9.59. The van der Waals surface area contributed by atoms with Gasteiger partial charge in [0.1, 0.15) is 17.2 Å². The summed E-state index contributed by atoms with van der Waals surface area (Å²) in [6.45, 7) is 0.164. The maximum Gasteiger partial charge on any atom is 0.303 e. The van der Waals surface area contributed by atoms with Crippen LogP contribution in [-0.2, 0) is 29.4 Å². The van der Waals surface area contributed by atoms with Gasteiger partial charge in [-0.2, -0.15) is 5.01 Å². The molecule has 2 heterocycles. The molecule has 3 aromatic carbocycles. The first-order valence-electron chi connectivity index (χ1n) is 17.8. The molecule has 3 aromatic rings. The molecule has 3 fully saturated rings. The van der Waals surface area contributed by atoms with Crippen LogP contribution in [0.5, 0.6) is 17.2 Å². The van der Waals surface area contributed by atoms with Crippen molar-refractivity contribution in [2.75, 3.05) is 26.2 Å². The Labute approximate surface area is 321 Å². The van der Waals surface area contributed by atoms with Crippen molar-refractivity contribution in [3.05, 3.63) is 93.5 Å². The van der Waals surface area contributed by atoms with Crippen molar-refractivity contribution in [2.24, 2.45) is 23.7 Å². The van der Waals surface area contributed by atoms with Crippen LogP contribution in [0.25, 0.3) is 0 Å². The zero-order valence-electron chi connectivity index (χ0n) is 29.6. The number of fused-ring (bicyclic) bond motifs is 4. The van der Waals surface area contributed by atoms with Crippen molar-refractivity contribution >= 4 is 58.5 Å². The number of carboxylic acid groups (broad SMARTS) is 1. The Hall–Kier alpha value is -5.07. The van der Waals surface area contributed by atoms with Gasteiger partial charge < -0.3 is 19.7 Å². The van der Waals surface area contributed by atoms with E-state index in [1.165, 1.54) is 37.3 Å². The summed E-state index contributed by atoms with van der Waals surface area (Å²) >= 11 is 12.7. The molecule has 1 saturated carbocycles. The number of rotatable bonds is 12. The number of nitrogens with zero attached hydrogens (tertiary/aromatic N) is 2. The number of nitrogens with one attached hydrogen (secondary N) is 1. The number of aromatic hydroxyl groups is 1. The van der Waals surface area contributed by atoms with Gasteiger partial charge in [0.2, 0.25) is 11.8 Å². The number of unbranched alkanes of at least 4 members (excludes halogenated alkanes) is 2. The minimum absolute atomic E-state index is 0.00475. The van der Waals surface area contributed by atoms with E-state index in [0.29, 0.717) is 41.2 Å². The van der Waals surface area contributed by atoms with Crippen LogP contribution in [0, 0.1) is 23.7 Å². The number of aliphatic carboxylic acids is 1. The van der Waals surface area contributed by atoms with Crippen LogP contribution >= 0.6 is 23.2 Å². The molecule has 0 aromatic heterocycles. The number of allylic oxidation sites excluding steroid dienone is 2. The predicted molar refractivity (Wildman–Crippen MR) is 198 cm³/mol. The number of amides is 4. The quantitative estimate of drug-likeness (QED) is 0.107. The molecule has 4 amide bonds. The molecule has 2 saturated heterocycles. The lowest BCUT2D eigenvalue weighted by Crippen LogP contribution is -2.53. The van der Waals surface area contributed by atoms with E-state index in [-0.39, 0.29) is 59.8 Å². The molecule has 54 heavy (non-hydrogen) atoms. The molecule has 2 aliphatic carbocycles. The molecule has 6 atom stereocenters. The van der Waals surface area contributed by atoms with E-state index in [9.17, 15) is 24.3 Å². The number of halogens is 2. The fourth-order valence-electron chi connectivity index (χ4n) is 9.13. The number of methoxy groups -OCH3 is 2. The molecule has 0 radical (unpaired) electrons. The molecule has 0 unspecified atom stereocenters. The lowest BCUT2D eigenvalue weighted by atomic mass is 9.49. The number of ether oxygens (including phenoxy) is 2. The van der Waals surface area contributed by atoms with E-state index in [1.807, 2.05) is 6.08 Å². The second-order valence-corrected chi connectivity index (χ2v) is 15.0. The van der Waals surface area contributed by atoms with Gasteiger partial charge in [-0.25, -0.2) is 0 Å². The number of carbonyl (C=O) groups is 5. The lowest BCUT2D eigenvalue weighted by molar-refractivity contribution is -0.141. The average Bonchev–Trinajstić information content (AvgIpc) is 3.52. The first-order valence-corrected chi connectivity index (χ1v) is 18.6. The zero-order chi connectivity index (χ0) is 38.5. The number of hydrogen-bond donors (Lipinski definition) is 3. The molecular formula is C40H39Cl2N3O9. The summed E-state index contributed by atoms with van der Waals surface area (Å²) in [5.41, 5.74) is 3.42. The van der Waals surface area contributed by atoms with Crippen LogP contribution in [-0.4, -0.2) is 70.5 Å². The molecule has 12 nitrogen and oxygen atoms in total. The minimum Gasteiger partial charge on any atom is -0.508 e. The zero-order valence-corrected chi connectivity index (χ0v) is 31.1. The summed E-state index contributed by atoms with van der Waals surface area (Å²) in [6.07, 6.45) is 3.70. The topological polar surface area (TPSA) is 163 Å². The van der Waals surface area contributed by atoms with E-state index in [4.69, 9.17) is 37.8 Å². The van der Waals surface area contributed by atoms with Crippen LogP contribution in [0.4, 0.5) is 5.69 Å². The van der Waals surface area contributed by atoms with Gasteiger partial charge >= 0.3 is 5.97 Å². The summed E-state index contributed by atoms with van der Waals surface area (Å²) in [7, 11) is 2.98. The van der Waals surface area contributed by atoms with E-state index >= 15 is 4.79 Å². The van der Waals surface area contributed by atoms with Gasteiger partial charge in [-0.15, -0.1) is 0 Å². The predicted octanol–water partition coefficient (Wildman–Crippen LogP) is 6.35. The number of hydrogen-bond acceptors (Lipinski definition) is 9. The Morgan fingerprint density at radius 2 is 1.67 bits per heavy atom. The second-order valence-electron chi connectivity index (χ2n) is 14.2. The van der Waals surface area contributed by atoms with E-state index < -0.39 is 52.8 Å². The smallest absolute Gasteiger partial charge is 0.303 e. The van der Waals surface area contributed by atoms with Gasteiger partial charge in [0.15, 0.2) is 0 Å². The van der Waals surface area contributed by atoms with Crippen LogP contribution in [0.1, 0.15) is 55.6 Å². The maximum absolute atomic E-state index is 15.4. The highest BCUT2D eigenvalue weighted by Crippen LogP contribution is 2.65. The molecule has 14 heteroatoms. The van der Waals surface area contributed by atoms with Crippen LogP contribution in [0.15, 0.2) is 72.3 Å². The Morgan fingerprint density at radius 1 is 0.907 bits per heavy atom. The Balaban J connectivity index is 1.38. The van der Waals surface area contributed by atoms with Crippen molar-refractivity contribution in [2.45, 2.75) is 49.9 Å². The number of carboxylic acids is 1. The summed E-state index contributed by atoms with van der Waals surface area (Å²) in [4.78, 5) is 70.8. The van der Waals surface area contributed by atoms with E-state index in [1.54, 1.807) is 42.5 Å². The van der Waals surface area contributed by atoms with Gasteiger partial charge in [0.05, 0.1) is 48.1 Å². The number of benzene rings is 3. The van der Waals surface area contributed by atoms with Gasteiger partial charge in [0, 0.05) is 35.5 Å². The summed E-state index contributed by atoms with van der Waals surface area (Å²) < 4.78 is 11.3. The number of imide groups is 2. The maximum atomic E-state index is 15.4. The monoisotopic (exact) mass is 775 g/mol. The molecule has 7 rings (SSSR count). The molecule has 282 valence electrons. The standard InChI is InChI=1S/C40H39Cl2N3O9/c1-53-24-11-7-21(8-12-24)40-29(37(50)45(39(40)52)43-31-16-9-22(41)18-30(31)42)20-28-25(35(40)26-13-10-23(46)19-32(26)54-2)14-15-27-34(28)38(51)44(36(27)49)17-5-3-4-6-33(47)48/h7-14,16,18-19,27-29,34-35,43,46H,3-6,15,17,20H2,1-2H3,(H,47,48)/t27-,28+,29-,34-,35+,40+/m0/s1. The molecular weight excluding hydrogens is 737 g/mol. The molecule has 3 N–H and O–H groups in total. The Bertz CT molecular complexity index is 2070. The first-order chi connectivity index (χ1) is 25.9. The normalized spacial score (nSPS) is 25.9. The van der Waals surface area contributed by atoms with Crippen molar-refractivity contribution in [1.82, 2.24) is 9.91 Å². The third-order valence-electron chi connectivity index (χ3n) is 11.5. The van der Waals surface area contributed by atoms with E-state index in [2.05, 4.69) is 5.43 Å². The van der Waals surface area contributed by atoms with Crippen LogP contribution < -0.4 is 14.9 Å². The number of hydrazine groups is 1. The molecule has 4 aliphatic rings. The fraction of sp³-hybridized carbons (Fsp3) is 0.375. The van der Waals surface area contributed by atoms with Crippen molar-refractivity contribution in [3.8, 4) is 17.2 Å². The second kappa shape index (κ2) is 14.6. The number of anilines is 1. The number of likely N-dealkylation sites (tertiary alicyclic amines) is 1. The van der Waals surface area contributed by atoms with E-state index in [0.717, 1.165) is 10.6 Å². The first kappa shape index (κ1) is 37.3. The third kappa shape index (κ3) is 6.05. The highest BCUT2D eigenvalue weighted by atomic mass is 35.5. The highest BCUT2D eigenvalue weighted by molar-refractivity contribution is 6.36. The molecule has 0 bridgehead atoms. The highest BCUT2D eigenvalue weighted by Gasteiger charge is 2.70. The van der Waals surface area contributed by atoms with Gasteiger partial charge in [-0.05, 0) is 73.6 Å². The Kier molecular flexibility index (Phi) is 10.1. The summed E-state index contributed by atoms with van der Waals surface area (Å²) in [5, 5.41) is 21.1. The molecule has 0 spiro atoms. The minimum atomic E-state index is -1.59. The number of phenolic OH excluding ortho intramolecular Hbond substituents is 1. The van der Waals surface area contributed by atoms with Gasteiger partial charge in [0.25, 0.3) is 11.8 Å². The van der Waals surface area contributed by atoms with Gasteiger partial charge in [-0.3, -0.25) is 34.3 Å².